The minimum atomic E-state index is 0.150. The van der Waals surface area contributed by atoms with Gasteiger partial charge < -0.3 is 9.47 Å². The van der Waals surface area contributed by atoms with Gasteiger partial charge in [-0.2, -0.15) is 0 Å². The molecule has 2 aromatic rings. The first kappa shape index (κ1) is 25.5. The lowest BCUT2D eigenvalue weighted by Crippen LogP contribution is -2.01. The quantitative estimate of drug-likeness (QED) is 0.236. The molecule has 0 N–H and O–H groups in total. The van der Waals surface area contributed by atoms with Gasteiger partial charge in [0.05, 0.1) is 12.7 Å². The molecule has 2 heteroatoms. The van der Waals surface area contributed by atoms with Crippen molar-refractivity contribution in [2.45, 2.75) is 97.5 Å². The van der Waals surface area contributed by atoms with E-state index in [0.29, 0.717) is 0 Å². The van der Waals surface area contributed by atoms with E-state index in [-0.39, 0.29) is 6.10 Å². The van der Waals surface area contributed by atoms with Gasteiger partial charge in [-0.15, -0.1) is 0 Å². The zero-order valence-corrected chi connectivity index (χ0v) is 20.2. The zero-order chi connectivity index (χ0) is 22.2. The van der Waals surface area contributed by atoms with Crippen molar-refractivity contribution in [3.05, 3.63) is 54.1 Å². The predicted molar refractivity (Wildman–Crippen MR) is 134 cm³/mol. The van der Waals surface area contributed by atoms with Crippen molar-refractivity contribution >= 4 is 0 Å². The summed E-state index contributed by atoms with van der Waals surface area (Å²) in [6.45, 7) is 8.31. The minimum absolute atomic E-state index is 0.150. The molecule has 0 bridgehead atoms. The van der Waals surface area contributed by atoms with E-state index in [4.69, 9.17) is 9.47 Å². The monoisotopic (exact) mass is 424 g/mol. The van der Waals surface area contributed by atoms with Gasteiger partial charge in [0.2, 0.25) is 0 Å². The molecule has 0 amide bonds. The van der Waals surface area contributed by atoms with Crippen LogP contribution in [0.2, 0.25) is 0 Å². The van der Waals surface area contributed by atoms with Gasteiger partial charge in [-0.05, 0) is 48.6 Å². The molecular weight excluding hydrogens is 380 g/mol. The lowest BCUT2D eigenvalue weighted by molar-refractivity contribution is 0.0627. The summed E-state index contributed by atoms with van der Waals surface area (Å²) in [5.41, 5.74) is 3.70. The number of rotatable bonds is 17. The van der Waals surface area contributed by atoms with Crippen LogP contribution in [0.5, 0.6) is 5.75 Å². The summed E-state index contributed by atoms with van der Waals surface area (Å²) >= 11 is 0. The summed E-state index contributed by atoms with van der Waals surface area (Å²) < 4.78 is 11.9. The molecule has 0 aliphatic carbocycles. The van der Waals surface area contributed by atoms with Gasteiger partial charge in [0.25, 0.3) is 0 Å². The van der Waals surface area contributed by atoms with E-state index in [2.05, 4.69) is 69.3 Å². The Balaban J connectivity index is 1.68. The van der Waals surface area contributed by atoms with Crippen LogP contribution in [0.1, 0.15) is 103 Å². The Bertz CT molecular complexity index is 675. The number of ether oxygens (including phenoxy) is 2. The Hall–Kier alpha value is -1.80. The molecule has 0 aromatic heterocycles. The maximum absolute atomic E-state index is 6.07. The predicted octanol–water partition coefficient (Wildman–Crippen LogP) is 9.14. The first-order chi connectivity index (χ1) is 15.2. The van der Waals surface area contributed by atoms with Crippen molar-refractivity contribution in [2.24, 2.45) is 0 Å². The second-order valence-corrected chi connectivity index (χ2v) is 8.69. The Morgan fingerprint density at radius 3 is 1.68 bits per heavy atom. The van der Waals surface area contributed by atoms with Crippen LogP contribution in [0.3, 0.4) is 0 Å². The molecule has 0 spiro atoms. The maximum Gasteiger partial charge on any atom is 0.119 e. The number of hydrogen-bond donors (Lipinski definition) is 0. The number of unbranched alkanes of at least 4 members (excludes halogenated alkanes) is 9. The molecule has 0 radical (unpaired) electrons. The largest absolute Gasteiger partial charge is 0.494 e. The first-order valence-corrected chi connectivity index (χ1v) is 12.7. The number of hydrogen-bond acceptors (Lipinski definition) is 2. The van der Waals surface area contributed by atoms with E-state index >= 15 is 0 Å². The van der Waals surface area contributed by atoms with Crippen LogP contribution in [0, 0.1) is 0 Å². The summed E-state index contributed by atoms with van der Waals surface area (Å²) in [6, 6.07) is 17.2. The fourth-order valence-electron chi connectivity index (χ4n) is 3.82. The molecule has 0 aliphatic heterocycles. The summed E-state index contributed by atoms with van der Waals surface area (Å²) in [5, 5.41) is 0. The summed E-state index contributed by atoms with van der Waals surface area (Å²) in [6.07, 6.45) is 14.4. The average Bonchev–Trinajstić information content (AvgIpc) is 2.81. The molecule has 2 rings (SSSR count). The Labute approximate surface area is 191 Å². The highest BCUT2D eigenvalue weighted by Gasteiger charge is 2.06. The molecule has 0 saturated heterocycles. The van der Waals surface area contributed by atoms with E-state index in [0.717, 1.165) is 25.4 Å². The molecular formula is C29H44O2. The Morgan fingerprint density at radius 1 is 0.581 bits per heavy atom. The smallest absolute Gasteiger partial charge is 0.119 e. The fraction of sp³-hybridized carbons (Fsp3) is 0.586. The van der Waals surface area contributed by atoms with Crippen molar-refractivity contribution in [2.75, 3.05) is 13.2 Å². The fourth-order valence-corrected chi connectivity index (χ4v) is 3.82. The summed E-state index contributed by atoms with van der Waals surface area (Å²) in [7, 11) is 0. The lowest BCUT2D eigenvalue weighted by Gasteiger charge is -2.14. The molecule has 0 saturated carbocycles. The van der Waals surface area contributed by atoms with Crippen molar-refractivity contribution in [3.8, 4) is 16.9 Å². The van der Waals surface area contributed by atoms with E-state index in [9.17, 15) is 0 Å². The van der Waals surface area contributed by atoms with Gasteiger partial charge in [0.1, 0.15) is 5.75 Å². The SMILES string of the molecule is CCCCCCCCCCOC(C)c1ccc(-c2ccc(OCCCCC)cc2)cc1. The molecule has 1 atom stereocenters. The molecule has 172 valence electrons. The highest BCUT2D eigenvalue weighted by molar-refractivity contribution is 5.64. The lowest BCUT2D eigenvalue weighted by atomic mass is 10.0. The molecule has 0 aliphatic rings. The molecule has 0 fully saturated rings. The van der Waals surface area contributed by atoms with Gasteiger partial charge in [-0.1, -0.05) is 108 Å². The summed E-state index contributed by atoms with van der Waals surface area (Å²) in [5.74, 6) is 0.958. The maximum atomic E-state index is 6.07. The molecule has 1 unspecified atom stereocenters. The molecule has 31 heavy (non-hydrogen) atoms. The van der Waals surface area contributed by atoms with Crippen molar-refractivity contribution < 1.29 is 9.47 Å². The Morgan fingerprint density at radius 2 is 1.06 bits per heavy atom. The second-order valence-electron chi connectivity index (χ2n) is 8.69. The topological polar surface area (TPSA) is 18.5 Å². The first-order valence-electron chi connectivity index (χ1n) is 12.7. The van der Waals surface area contributed by atoms with E-state index in [1.807, 2.05) is 0 Å². The van der Waals surface area contributed by atoms with E-state index in [1.54, 1.807) is 0 Å². The third-order valence-corrected chi connectivity index (χ3v) is 5.95. The van der Waals surface area contributed by atoms with Crippen molar-refractivity contribution in [1.29, 1.82) is 0 Å². The van der Waals surface area contributed by atoms with Crippen LogP contribution >= 0.6 is 0 Å². The van der Waals surface area contributed by atoms with Crippen LogP contribution in [-0.4, -0.2) is 13.2 Å². The Kier molecular flexibility index (Phi) is 13.1. The van der Waals surface area contributed by atoms with Gasteiger partial charge in [0, 0.05) is 6.61 Å². The van der Waals surface area contributed by atoms with E-state index < -0.39 is 0 Å². The normalized spacial score (nSPS) is 12.1. The van der Waals surface area contributed by atoms with Gasteiger partial charge in [-0.25, -0.2) is 0 Å². The highest BCUT2D eigenvalue weighted by atomic mass is 16.5. The number of benzene rings is 2. The van der Waals surface area contributed by atoms with Gasteiger partial charge in [-0.3, -0.25) is 0 Å². The van der Waals surface area contributed by atoms with Crippen LogP contribution < -0.4 is 4.74 Å². The average molecular weight is 425 g/mol. The third kappa shape index (κ3) is 10.4. The van der Waals surface area contributed by atoms with Crippen LogP contribution in [0.25, 0.3) is 11.1 Å². The second kappa shape index (κ2) is 15.9. The molecule has 2 nitrogen and oxygen atoms in total. The summed E-state index contributed by atoms with van der Waals surface area (Å²) in [4.78, 5) is 0. The van der Waals surface area contributed by atoms with Crippen LogP contribution in [0.4, 0.5) is 0 Å². The van der Waals surface area contributed by atoms with Gasteiger partial charge >= 0.3 is 0 Å². The van der Waals surface area contributed by atoms with Gasteiger partial charge in [0.15, 0.2) is 0 Å². The third-order valence-electron chi connectivity index (χ3n) is 5.95. The molecule has 2 aromatic carbocycles. The van der Waals surface area contributed by atoms with E-state index in [1.165, 1.54) is 80.9 Å². The zero-order valence-electron chi connectivity index (χ0n) is 20.2. The van der Waals surface area contributed by atoms with Crippen molar-refractivity contribution in [3.63, 3.8) is 0 Å². The van der Waals surface area contributed by atoms with Crippen LogP contribution in [-0.2, 0) is 4.74 Å². The highest BCUT2D eigenvalue weighted by Crippen LogP contribution is 2.25. The van der Waals surface area contributed by atoms with Crippen LogP contribution in [0.15, 0.2) is 48.5 Å². The molecule has 0 heterocycles. The standard InChI is InChI=1S/C29H44O2/c1-4-6-8-9-10-11-12-14-23-30-25(3)26-15-17-27(18-16-26)28-19-21-29(22-20-28)31-24-13-7-5-2/h15-22,25H,4-14,23-24H2,1-3H3. The van der Waals surface area contributed by atoms with Crippen molar-refractivity contribution in [1.82, 2.24) is 0 Å². The minimum Gasteiger partial charge on any atom is -0.494 e.